The van der Waals surface area contributed by atoms with Gasteiger partial charge in [0, 0.05) is 0 Å². The maximum Gasteiger partial charge on any atom is 0.288 e. The van der Waals surface area contributed by atoms with Crippen LogP contribution in [-0.2, 0) is 11.2 Å². The number of aliphatic hydroxyl groups is 1. The number of aryl methyl sites for hydroxylation is 1. The number of amidine groups is 1. The van der Waals surface area contributed by atoms with Gasteiger partial charge in [0.2, 0.25) is 5.90 Å². The van der Waals surface area contributed by atoms with E-state index in [2.05, 4.69) is 10.3 Å². The molecule has 0 atom stereocenters. The largest absolute Gasteiger partial charge is 0.407 e. The molecule has 144 valence electrons. The monoisotopic (exact) mass is 380 g/mol. The molecule has 0 unspecified atom stereocenters. The van der Waals surface area contributed by atoms with Gasteiger partial charge in [-0.3, -0.25) is 5.41 Å². The van der Waals surface area contributed by atoms with Gasteiger partial charge in [0.05, 0.1) is 30.1 Å². The van der Waals surface area contributed by atoms with Crippen LogP contribution in [-0.4, -0.2) is 30.2 Å². The number of ether oxygens (including phenoxy) is 1. The van der Waals surface area contributed by atoms with Gasteiger partial charge in [0.1, 0.15) is 5.82 Å². The number of benzene rings is 2. The van der Waals surface area contributed by atoms with Gasteiger partial charge >= 0.3 is 0 Å². The first-order chi connectivity index (χ1) is 12.9. The number of hydrogen-bond donors (Lipinski definition) is 4. The second-order valence-electron chi connectivity index (χ2n) is 5.45. The molecule has 0 aromatic heterocycles. The summed E-state index contributed by atoms with van der Waals surface area (Å²) in [4.78, 5) is 3.63. The Morgan fingerprint density at radius 3 is 2.59 bits per heavy atom. The van der Waals surface area contributed by atoms with Crippen molar-refractivity contribution in [3.63, 3.8) is 0 Å². The Hall–Kier alpha value is -3.07. The zero-order valence-corrected chi connectivity index (χ0v) is 14.5. The van der Waals surface area contributed by atoms with Gasteiger partial charge in [-0.1, -0.05) is 13.0 Å². The van der Waals surface area contributed by atoms with Crippen LogP contribution in [0.15, 0.2) is 35.3 Å². The van der Waals surface area contributed by atoms with Crippen LogP contribution in [0.3, 0.4) is 0 Å². The molecule has 5 N–H and O–H groups in total. The lowest BCUT2D eigenvalue weighted by atomic mass is 10.1. The van der Waals surface area contributed by atoms with E-state index in [0.29, 0.717) is 6.42 Å². The average Bonchev–Trinajstić information content (AvgIpc) is 2.65. The topological polar surface area (TPSA) is 104 Å². The van der Waals surface area contributed by atoms with Crippen LogP contribution in [0.5, 0.6) is 0 Å². The van der Waals surface area contributed by atoms with E-state index in [1.165, 1.54) is 12.1 Å². The third kappa shape index (κ3) is 4.98. The lowest BCUT2D eigenvalue weighted by Gasteiger charge is -2.15. The zero-order valence-electron chi connectivity index (χ0n) is 14.5. The smallest absolute Gasteiger partial charge is 0.288 e. The molecular formula is C18H19F3N4O2. The lowest BCUT2D eigenvalue weighted by molar-refractivity contribution is 0.305. The quantitative estimate of drug-likeness (QED) is 0.457. The van der Waals surface area contributed by atoms with Crippen LogP contribution >= 0.6 is 0 Å². The van der Waals surface area contributed by atoms with Crippen molar-refractivity contribution in [2.75, 3.05) is 18.5 Å². The number of aliphatic hydroxyl groups excluding tert-OH is 1. The van der Waals surface area contributed by atoms with Crippen molar-refractivity contribution in [1.82, 2.24) is 0 Å². The highest BCUT2D eigenvalue weighted by atomic mass is 19.2. The van der Waals surface area contributed by atoms with Crippen molar-refractivity contribution in [1.29, 1.82) is 5.41 Å². The van der Waals surface area contributed by atoms with Crippen LogP contribution in [0.4, 0.5) is 24.5 Å². The van der Waals surface area contributed by atoms with E-state index < -0.39 is 35.1 Å². The summed E-state index contributed by atoms with van der Waals surface area (Å²) in [6, 6.07) is 5.79. The number of anilines is 2. The van der Waals surface area contributed by atoms with Crippen LogP contribution in [0, 0.1) is 22.9 Å². The molecule has 2 rings (SSSR count). The van der Waals surface area contributed by atoms with Crippen LogP contribution < -0.4 is 11.1 Å². The Labute approximate surface area is 154 Å². The fourth-order valence-corrected chi connectivity index (χ4v) is 2.23. The molecule has 0 aliphatic rings. The van der Waals surface area contributed by atoms with E-state index in [-0.39, 0.29) is 24.4 Å². The molecule has 6 nitrogen and oxygen atoms in total. The predicted octanol–water partition coefficient (Wildman–Crippen LogP) is 3.06. The van der Waals surface area contributed by atoms with E-state index >= 15 is 0 Å². The molecule has 0 aliphatic heterocycles. The zero-order chi connectivity index (χ0) is 20.0. The summed E-state index contributed by atoms with van der Waals surface area (Å²) in [6.45, 7) is 1.53. The minimum absolute atomic E-state index is 0.0447. The molecule has 0 radical (unpaired) electrons. The summed E-state index contributed by atoms with van der Waals surface area (Å²) < 4.78 is 47.2. The molecular weight excluding hydrogens is 361 g/mol. The molecule has 0 saturated carbocycles. The second-order valence-corrected chi connectivity index (χ2v) is 5.45. The molecule has 2 aromatic rings. The number of halogens is 3. The Bertz CT molecular complexity index is 872. The van der Waals surface area contributed by atoms with Gasteiger partial charge in [-0.25, -0.2) is 18.2 Å². The maximum atomic E-state index is 14.3. The number of rotatable bonds is 6. The van der Waals surface area contributed by atoms with E-state index in [1.807, 2.05) is 6.92 Å². The highest BCUT2D eigenvalue weighted by molar-refractivity contribution is 6.03. The van der Waals surface area contributed by atoms with E-state index in [4.69, 9.17) is 21.0 Å². The minimum atomic E-state index is -1.30. The lowest BCUT2D eigenvalue weighted by Crippen LogP contribution is -2.22. The highest BCUT2D eigenvalue weighted by Gasteiger charge is 2.20. The van der Waals surface area contributed by atoms with Crippen molar-refractivity contribution >= 4 is 23.3 Å². The third-order valence-corrected chi connectivity index (χ3v) is 3.62. The SMILES string of the molecule is CCc1ccc(Nc2c(C(=N)OC(N)=NCCO)ccc(F)c2F)c(F)c1. The van der Waals surface area contributed by atoms with E-state index in [9.17, 15) is 13.2 Å². The van der Waals surface area contributed by atoms with Crippen LogP contribution in [0.2, 0.25) is 0 Å². The van der Waals surface area contributed by atoms with Crippen LogP contribution in [0.1, 0.15) is 18.1 Å². The van der Waals surface area contributed by atoms with E-state index in [1.54, 1.807) is 6.07 Å². The Morgan fingerprint density at radius 1 is 1.22 bits per heavy atom. The molecule has 2 aromatic carbocycles. The normalized spacial score (nSPS) is 11.4. The molecule has 27 heavy (non-hydrogen) atoms. The fourth-order valence-electron chi connectivity index (χ4n) is 2.23. The van der Waals surface area contributed by atoms with Crippen molar-refractivity contribution in [2.45, 2.75) is 13.3 Å². The second kappa shape index (κ2) is 9.04. The Balaban J connectivity index is 2.38. The minimum Gasteiger partial charge on any atom is -0.407 e. The van der Waals surface area contributed by atoms with Gasteiger partial charge in [-0.2, -0.15) is 0 Å². The van der Waals surface area contributed by atoms with Crippen molar-refractivity contribution in [2.24, 2.45) is 10.7 Å². The Kier molecular flexibility index (Phi) is 6.78. The van der Waals surface area contributed by atoms with Crippen LogP contribution in [0.25, 0.3) is 0 Å². The molecule has 0 fully saturated rings. The first kappa shape index (κ1) is 20.2. The summed E-state index contributed by atoms with van der Waals surface area (Å²) in [5.74, 6) is -3.76. The van der Waals surface area contributed by atoms with Gasteiger partial charge in [0.15, 0.2) is 11.6 Å². The molecule has 0 heterocycles. The summed E-state index contributed by atoms with van der Waals surface area (Å²) in [7, 11) is 0. The third-order valence-electron chi connectivity index (χ3n) is 3.62. The summed E-state index contributed by atoms with van der Waals surface area (Å²) in [5.41, 5.74) is 5.44. The summed E-state index contributed by atoms with van der Waals surface area (Å²) in [5, 5.41) is 19.1. The molecule has 0 bridgehead atoms. The summed E-state index contributed by atoms with van der Waals surface area (Å²) >= 11 is 0. The van der Waals surface area contributed by atoms with Crippen molar-refractivity contribution in [3.05, 3.63) is 58.9 Å². The van der Waals surface area contributed by atoms with Gasteiger partial charge in [0.25, 0.3) is 6.02 Å². The first-order valence-electron chi connectivity index (χ1n) is 8.08. The average molecular weight is 380 g/mol. The molecule has 0 saturated heterocycles. The maximum absolute atomic E-state index is 14.3. The molecule has 0 aliphatic carbocycles. The Morgan fingerprint density at radius 2 is 1.96 bits per heavy atom. The van der Waals surface area contributed by atoms with Gasteiger partial charge in [-0.15, -0.1) is 0 Å². The number of nitrogens with one attached hydrogen (secondary N) is 2. The number of nitrogens with two attached hydrogens (primary N) is 1. The predicted molar refractivity (Wildman–Crippen MR) is 96.9 cm³/mol. The number of aliphatic imine (C=N–C) groups is 1. The fraction of sp³-hybridized carbons (Fsp3) is 0.222. The standard InChI is InChI=1S/C18H19F3N4O2/c1-2-10-3-6-14(13(20)9-10)25-16-11(4-5-12(19)15(16)21)17(22)27-18(23)24-7-8-26/h3-6,9,22,25-26H,2,7-8H2,1H3,(H2,23,24). The molecule has 0 spiro atoms. The summed E-state index contributed by atoms with van der Waals surface area (Å²) in [6.07, 6.45) is 0.613. The first-order valence-corrected chi connectivity index (χ1v) is 8.08. The number of nitrogens with zero attached hydrogens (tertiary/aromatic N) is 1. The van der Waals surface area contributed by atoms with Crippen molar-refractivity contribution < 1.29 is 23.0 Å². The highest BCUT2D eigenvalue weighted by Crippen LogP contribution is 2.28. The molecule has 9 heteroatoms. The van der Waals surface area contributed by atoms with E-state index in [0.717, 1.165) is 17.7 Å². The van der Waals surface area contributed by atoms with Gasteiger partial charge in [-0.05, 0) is 36.2 Å². The number of hydrogen-bond acceptors (Lipinski definition) is 5. The van der Waals surface area contributed by atoms with Crippen molar-refractivity contribution in [3.8, 4) is 0 Å². The molecule has 0 amide bonds. The van der Waals surface area contributed by atoms with Gasteiger partial charge < -0.3 is 20.9 Å².